The Morgan fingerprint density at radius 3 is 2.65 bits per heavy atom. The van der Waals surface area contributed by atoms with Gasteiger partial charge in [0, 0.05) is 25.7 Å². The van der Waals surface area contributed by atoms with Gasteiger partial charge in [0.2, 0.25) is 0 Å². The Kier molecular flexibility index (Phi) is 5.79. The second-order valence-electron chi connectivity index (χ2n) is 7.60. The Morgan fingerprint density at radius 2 is 2.04 bits per heavy atom. The Labute approximate surface area is 170 Å². The molecule has 2 aromatic rings. The number of ether oxygens (including phenoxy) is 1. The monoisotopic (exact) mass is 460 g/mol. The molecule has 1 amide bonds. The second kappa shape index (κ2) is 7.59. The van der Waals surface area contributed by atoms with E-state index in [1.807, 2.05) is 25.7 Å². The molecule has 1 fully saturated rings. The van der Waals surface area contributed by atoms with E-state index < -0.39 is 5.60 Å². The summed E-state index contributed by atoms with van der Waals surface area (Å²) < 4.78 is 6.45. The lowest BCUT2D eigenvalue weighted by molar-refractivity contribution is 0.00771. The fraction of sp³-hybridized carbons (Fsp3) is 0.706. The van der Waals surface area contributed by atoms with E-state index in [4.69, 9.17) is 9.72 Å². The van der Waals surface area contributed by atoms with Gasteiger partial charge in [0.05, 0.1) is 0 Å². The first-order valence-corrected chi connectivity index (χ1v) is 11.3. The molecule has 0 saturated carbocycles. The second-order valence-corrected chi connectivity index (χ2v) is 10.8. The van der Waals surface area contributed by atoms with E-state index in [0.29, 0.717) is 12.6 Å². The maximum absolute atomic E-state index is 12.5. The smallest absolute Gasteiger partial charge is 0.410 e. The molecule has 0 aromatic carbocycles. The minimum absolute atomic E-state index is 0.194. The highest BCUT2D eigenvalue weighted by atomic mass is 79.9. The van der Waals surface area contributed by atoms with Crippen molar-refractivity contribution in [2.24, 2.45) is 0 Å². The summed E-state index contributed by atoms with van der Waals surface area (Å²) in [5.74, 6) is 0. The summed E-state index contributed by atoms with van der Waals surface area (Å²) in [5.41, 5.74) is -0.461. The van der Waals surface area contributed by atoms with Crippen LogP contribution in [0.3, 0.4) is 0 Å². The zero-order chi connectivity index (χ0) is 19.1. The number of likely N-dealkylation sites (tertiary alicyclic amines) is 1. The number of carbonyl (C=O) groups is 1. The fourth-order valence-electron chi connectivity index (χ4n) is 3.24. The summed E-state index contributed by atoms with van der Waals surface area (Å²) in [7, 11) is 2.10. The van der Waals surface area contributed by atoms with E-state index in [-0.39, 0.29) is 12.1 Å². The number of fused-ring (bicyclic) bond motifs is 1. The lowest BCUT2D eigenvalue weighted by atomic mass is 9.95. The predicted molar refractivity (Wildman–Crippen MR) is 111 cm³/mol. The van der Waals surface area contributed by atoms with Gasteiger partial charge < -0.3 is 14.5 Å². The number of anilines is 1. The van der Waals surface area contributed by atoms with Crippen molar-refractivity contribution < 1.29 is 9.53 Å². The van der Waals surface area contributed by atoms with E-state index in [1.165, 1.54) is 0 Å². The van der Waals surface area contributed by atoms with Crippen molar-refractivity contribution in [1.82, 2.24) is 14.9 Å². The summed E-state index contributed by atoms with van der Waals surface area (Å²) >= 11 is 6.59. The van der Waals surface area contributed by atoms with Crippen LogP contribution in [0.25, 0.3) is 9.66 Å². The number of nitrogens with zero attached hydrogens (tertiary/aromatic N) is 4. The largest absolute Gasteiger partial charge is 0.444 e. The van der Waals surface area contributed by atoms with Crippen LogP contribution in [0.1, 0.15) is 47.0 Å². The summed E-state index contributed by atoms with van der Waals surface area (Å²) in [6, 6.07) is 0.557. The molecular weight excluding hydrogens is 436 g/mol. The Hall–Kier alpha value is -0.930. The highest BCUT2D eigenvalue weighted by molar-refractivity contribution is 9.11. The van der Waals surface area contributed by atoms with Crippen LogP contribution in [-0.4, -0.2) is 52.2 Å². The van der Waals surface area contributed by atoms with Crippen LogP contribution >= 0.6 is 38.6 Å². The van der Waals surface area contributed by atoms with Gasteiger partial charge in [-0.3, -0.25) is 0 Å². The molecule has 0 N–H and O–H groups in total. The number of amides is 1. The maximum atomic E-state index is 12.5. The van der Waals surface area contributed by atoms with Gasteiger partial charge in [0.15, 0.2) is 18.7 Å². The number of piperidine rings is 1. The molecule has 2 aromatic heterocycles. The third kappa shape index (κ3) is 4.31. The van der Waals surface area contributed by atoms with E-state index >= 15 is 0 Å². The predicted octanol–water partition coefficient (Wildman–Crippen LogP) is 5.13. The highest BCUT2D eigenvalue weighted by Crippen LogP contribution is 2.36. The molecule has 0 aliphatic carbocycles. The molecule has 1 aliphatic heterocycles. The number of halogens is 1. The molecule has 1 saturated heterocycles. The van der Waals surface area contributed by atoms with Crippen molar-refractivity contribution in [2.75, 3.05) is 18.5 Å². The number of hydrogen-bond acceptors (Lipinski definition) is 7. The third-order valence-corrected chi connectivity index (χ3v) is 7.14. The molecule has 0 radical (unpaired) electrons. The fourth-order valence-corrected chi connectivity index (χ4v) is 5.80. The zero-order valence-corrected chi connectivity index (χ0v) is 19.0. The van der Waals surface area contributed by atoms with Crippen LogP contribution in [0.4, 0.5) is 9.93 Å². The molecule has 1 aliphatic rings. The number of thiazole rings is 2. The first-order chi connectivity index (χ1) is 12.2. The molecule has 26 heavy (non-hydrogen) atoms. The molecule has 6 nitrogen and oxygen atoms in total. The van der Waals surface area contributed by atoms with Gasteiger partial charge in [0.25, 0.3) is 0 Å². The van der Waals surface area contributed by atoms with Crippen LogP contribution in [0.2, 0.25) is 0 Å². The molecule has 3 heterocycles. The normalized spacial score (nSPS) is 21.2. The zero-order valence-electron chi connectivity index (χ0n) is 15.8. The van der Waals surface area contributed by atoms with Gasteiger partial charge in [-0.05, 0) is 56.0 Å². The van der Waals surface area contributed by atoms with Crippen molar-refractivity contribution in [1.29, 1.82) is 0 Å². The lowest BCUT2D eigenvalue weighted by Crippen LogP contribution is -2.52. The number of carbonyl (C=O) groups excluding carboxylic acids is 1. The van der Waals surface area contributed by atoms with E-state index in [9.17, 15) is 4.79 Å². The standard InChI is InChI=1S/C17H25BrN4O2S2/c1-6-10-9-11(7-8-22(10)16(23)24-17(2,3)4)21(5)15-20-13-12(26-15)19-14(18)25-13/h10-11H,6-9H2,1-5H3/t10-,11-/m0/s1. The van der Waals surface area contributed by atoms with Crippen LogP contribution in [0.5, 0.6) is 0 Å². The molecule has 9 heteroatoms. The van der Waals surface area contributed by atoms with Crippen LogP contribution in [-0.2, 0) is 4.74 Å². The number of rotatable bonds is 3. The van der Waals surface area contributed by atoms with Crippen molar-refractivity contribution in [3.8, 4) is 0 Å². The average molecular weight is 461 g/mol. The Balaban J connectivity index is 1.69. The van der Waals surface area contributed by atoms with E-state index in [1.54, 1.807) is 22.7 Å². The van der Waals surface area contributed by atoms with Gasteiger partial charge in [-0.2, -0.15) is 0 Å². The summed E-state index contributed by atoms with van der Waals surface area (Å²) in [4.78, 5) is 27.8. The third-order valence-electron chi connectivity index (χ3n) is 4.58. The van der Waals surface area contributed by atoms with Gasteiger partial charge >= 0.3 is 6.09 Å². The maximum Gasteiger partial charge on any atom is 0.410 e. The first-order valence-electron chi connectivity index (χ1n) is 8.83. The highest BCUT2D eigenvalue weighted by Gasteiger charge is 2.35. The summed E-state index contributed by atoms with van der Waals surface area (Å²) in [5, 5.41) is 0.997. The van der Waals surface area contributed by atoms with Crippen molar-refractivity contribution in [3.63, 3.8) is 0 Å². The molecule has 0 spiro atoms. The van der Waals surface area contributed by atoms with Crippen molar-refractivity contribution in [3.05, 3.63) is 3.92 Å². The van der Waals surface area contributed by atoms with E-state index in [2.05, 4.69) is 39.8 Å². The first kappa shape index (κ1) is 19.8. The minimum atomic E-state index is -0.461. The van der Waals surface area contributed by atoms with E-state index in [0.717, 1.165) is 38.0 Å². The molecule has 0 unspecified atom stereocenters. The van der Waals surface area contributed by atoms with Crippen LogP contribution in [0.15, 0.2) is 3.92 Å². The molecule has 2 atom stereocenters. The van der Waals surface area contributed by atoms with Gasteiger partial charge in [-0.1, -0.05) is 29.6 Å². The molecule has 0 bridgehead atoms. The van der Waals surface area contributed by atoms with Gasteiger partial charge in [-0.25, -0.2) is 14.8 Å². The number of aromatic nitrogens is 2. The quantitative estimate of drug-likeness (QED) is 0.634. The Bertz CT molecular complexity index is 754. The SMILES string of the molecule is CC[C@H]1C[C@@H](N(C)c2nc3sc(Br)nc3s2)CCN1C(=O)OC(C)(C)C. The molecular formula is C17H25BrN4O2S2. The average Bonchev–Trinajstić information content (AvgIpc) is 3.09. The minimum Gasteiger partial charge on any atom is -0.444 e. The van der Waals surface area contributed by atoms with Crippen LogP contribution in [0, 0.1) is 0 Å². The van der Waals surface area contributed by atoms with Gasteiger partial charge in [0.1, 0.15) is 5.60 Å². The summed E-state index contributed by atoms with van der Waals surface area (Å²) in [6.07, 6.45) is 2.56. The molecule has 144 valence electrons. The molecule has 3 rings (SSSR count). The lowest BCUT2D eigenvalue weighted by Gasteiger charge is -2.42. The van der Waals surface area contributed by atoms with Gasteiger partial charge in [-0.15, -0.1) is 0 Å². The topological polar surface area (TPSA) is 58.6 Å². The van der Waals surface area contributed by atoms with Crippen molar-refractivity contribution in [2.45, 2.75) is 64.6 Å². The number of hydrogen-bond donors (Lipinski definition) is 0. The van der Waals surface area contributed by atoms with Crippen molar-refractivity contribution >= 4 is 59.5 Å². The van der Waals surface area contributed by atoms with Crippen LogP contribution < -0.4 is 4.90 Å². The summed E-state index contributed by atoms with van der Waals surface area (Å²) in [6.45, 7) is 8.57. The Morgan fingerprint density at radius 1 is 1.35 bits per heavy atom.